The van der Waals surface area contributed by atoms with E-state index in [1.165, 1.54) is 0 Å². The summed E-state index contributed by atoms with van der Waals surface area (Å²) in [7, 11) is 0. The Kier molecular flexibility index (Phi) is 0.332. The molecule has 0 aromatic rings. The molecule has 0 bridgehead atoms. The van der Waals surface area contributed by atoms with Crippen molar-refractivity contribution < 1.29 is 11.9 Å². The van der Waals surface area contributed by atoms with E-state index in [4.69, 9.17) is 17.1 Å². The first-order valence-electron chi connectivity index (χ1n) is 5.97. The lowest BCUT2D eigenvalue weighted by Crippen LogP contribution is -1.97. The zero-order chi connectivity index (χ0) is 13.2. The second-order valence-corrected chi connectivity index (χ2v) is 2.36. The molecular weight excluding hydrogens is 74.1 g/mol. The molecule has 0 radical (unpaired) electrons. The molecule has 0 aliphatic heterocycles. The highest BCUT2D eigenvalue weighted by atomic mass is 14.3. The van der Waals surface area contributed by atoms with Gasteiger partial charge in [0.1, 0.15) is 0 Å². The van der Waals surface area contributed by atoms with Gasteiger partial charge in [-0.15, -0.1) is 0 Å². The van der Waals surface area contributed by atoms with E-state index in [2.05, 4.69) is 6.07 Å². The molecule has 0 unspecified atom stereocenters. The van der Waals surface area contributed by atoms with Gasteiger partial charge in [-0.1, -0.05) is 0 Å². The number of nitrogens with zero attached hydrogens (tertiary/aromatic N) is 1. The standard InChI is InChI=1S/C5H9N.4H2/c1-5(2,3)4-6;;;;/h1-3H3;4*1H/i;4*1+1D. The molecule has 0 saturated carbocycles. The van der Waals surface area contributed by atoms with Crippen molar-refractivity contribution in [2.75, 3.05) is 0 Å². The summed E-state index contributed by atoms with van der Waals surface area (Å²) in [5, 5.41) is 8.15. The molecule has 0 spiro atoms. The van der Waals surface area contributed by atoms with Crippen LogP contribution in [0.2, 0.25) is 0 Å². The third-order valence-electron chi connectivity index (χ3n) is 0.335. The van der Waals surface area contributed by atoms with Gasteiger partial charge in [0.15, 0.2) is 0 Å². The van der Waals surface area contributed by atoms with Crippen molar-refractivity contribution in [1.82, 2.24) is 0 Å². The van der Waals surface area contributed by atoms with E-state index in [9.17, 15) is 0 Å². The third kappa shape index (κ3) is 3.49. The topological polar surface area (TPSA) is 23.8 Å². The van der Waals surface area contributed by atoms with Crippen LogP contribution in [0, 0.1) is 16.7 Å². The van der Waals surface area contributed by atoms with E-state index in [-0.39, 0.29) is 5.41 Å². The van der Waals surface area contributed by atoms with Crippen LogP contribution in [0.25, 0.3) is 0 Å². The second kappa shape index (κ2) is 1.30. The molecule has 0 saturated heterocycles. The van der Waals surface area contributed by atoms with Gasteiger partial charge in [0, 0.05) is 17.3 Å². The minimum atomic E-state index is -0.153. The lowest BCUT2D eigenvalue weighted by molar-refractivity contribution is 0.561. The van der Waals surface area contributed by atoms with E-state index in [1.54, 1.807) is 0 Å². The van der Waals surface area contributed by atoms with Crippen LogP contribution in [0.1, 0.15) is 32.6 Å². The Hall–Kier alpha value is -0.510. The summed E-state index contributed by atoms with van der Waals surface area (Å²) in [5.41, 5.74) is -0.153. The molecule has 0 aromatic carbocycles. The third-order valence-corrected chi connectivity index (χ3v) is 0.335. The molecule has 0 fully saturated rings. The van der Waals surface area contributed by atoms with Crippen LogP contribution in [-0.4, -0.2) is 0 Å². The summed E-state index contributed by atoms with van der Waals surface area (Å²) in [5.74, 6) is 0. The van der Waals surface area contributed by atoms with E-state index < -0.39 is 0 Å². The maximum Gasteiger partial charge on any atom is 0.0680 e. The highest BCUT2D eigenvalue weighted by Crippen LogP contribution is 2.08. The van der Waals surface area contributed by atoms with Crippen molar-refractivity contribution in [3.05, 3.63) is 0 Å². The van der Waals surface area contributed by atoms with Gasteiger partial charge < -0.3 is 0 Å². The van der Waals surface area contributed by atoms with Crippen LogP contribution in [0.5, 0.6) is 0 Å². The minimum Gasteiger partial charge on any atom is -0.198 e. The largest absolute Gasteiger partial charge is 0.198 e. The van der Waals surface area contributed by atoms with Crippen molar-refractivity contribution in [3.63, 3.8) is 0 Å². The van der Waals surface area contributed by atoms with Crippen LogP contribution in [0.15, 0.2) is 0 Å². The number of hydrogen-bond donors (Lipinski definition) is 0. The second-order valence-electron chi connectivity index (χ2n) is 2.36. The molecular formula is C5H17N. The van der Waals surface area contributed by atoms with Crippen molar-refractivity contribution in [1.29, 1.82) is 5.26 Å². The fourth-order valence-electron chi connectivity index (χ4n) is 0. The zero-order valence-corrected chi connectivity index (χ0v) is 4.45. The molecule has 0 atom stereocenters. The molecule has 0 amide bonds. The summed E-state index contributed by atoms with van der Waals surface area (Å²) >= 11 is 0. The van der Waals surface area contributed by atoms with Gasteiger partial charge >= 0.3 is 0 Å². The normalized spacial score (nSPS) is 15.7. The Morgan fingerprint density at radius 2 is 1.83 bits per heavy atom. The summed E-state index contributed by atoms with van der Waals surface area (Å²) in [6.45, 7) is 5.65. The van der Waals surface area contributed by atoms with Gasteiger partial charge in [0.05, 0.1) is 6.07 Å². The lowest BCUT2D eigenvalue weighted by Gasteiger charge is -2.01. The summed E-state index contributed by atoms with van der Waals surface area (Å²) < 4.78 is 40.0. The Morgan fingerprint density at radius 3 is 1.83 bits per heavy atom. The van der Waals surface area contributed by atoms with E-state index in [1.807, 2.05) is 20.8 Å². The summed E-state index contributed by atoms with van der Waals surface area (Å²) in [4.78, 5) is 0. The monoisotopic (exact) mass is 99.2 g/mol. The van der Waals surface area contributed by atoms with Crippen molar-refractivity contribution >= 4 is 0 Å². The van der Waals surface area contributed by atoms with Crippen molar-refractivity contribution in [2.24, 2.45) is 5.41 Å². The van der Waals surface area contributed by atoms with E-state index in [0.29, 0.717) is 0 Å². The van der Waals surface area contributed by atoms with E-state index >= 15 is 0 Å². The molecule has 42 valence electrons. The van der Waals surface area contributed by atoms with Crippen molar-refractivity contribution in [2.45, 2.75) is 20.8 Å². The summed E-state index contributed by atoms with van der Waals surface area (Å²) in [6.07, 6.45) is 0. The quantitative estimate of drug-likeness (QED) is 0.458. The van der Waals surface area contributed by atoms with E-state index in [0.717, 1.165) is 0 Å². The fraction of sp³-hybridized carbons (Fsp3) is 0.800. The Balaban J connectivity index is -0.0000000287. The number of hydrogen-bond acceptors (Lipinski definition) is 1. The Morgan fingerprint density at radius 1 is 1.67 bits per heavy atom. The predicted molar refractivity (Wildman–Crippen MR) is 33.5 cm³/mol. The van der Waals surface area contributed by atoms with Gasteiger partial charge in [0.25, 0.3) is 0 Å². The molecule has 1 heteroatoms. The number of rotatable bonds is 0. The molecule has 0 N–H and O–H groups in total. The molecule has 0 aromatic heterocycles. The molecule has 0 heterocycles. The number of nitriles is 1. The average molecular weight is 99.2 g/mol. The fourth-order valence-corrected chi connectivity index (χ4v) is 0. The van der Waals surface area contributed by atoms with Gasteiger partial charge in [-0.3, -0.25) is 0 Å². The van der Waals surface area contributed by atoms with Gasteiger partial charge in [-0.05, 0) is 20.8 Å². The molecule has 0 aliphatic rings. The predicted octanol–water partition coefficient (Wildman–Crippen LogP) is 2.54. The molecule has 1 nitrogen and oxygen atoms in total. The van der Waals surface area contributed by atoms with Crippen molar-refractivity contribution in [3.8, 4) is 6.07 Å². The summed E-state index contributed by atoms with van der Waals surface area (Å²) in [6, 6.07) is 2.10. The SMILES string of the molecule is CC(C)(C)C#N.[2H][2H].[2H][2H].[2H][2H].[2H][2H]. The maximum absolute atomic E-state index is 8.15. The smallest absolute Gasteiger partial charge is 0.0680 e. The van der Waals surface area contributed by atoms with Crippen LogP contribution in [0.4, 0.5) is 0 Å². The van der Waals surface area contributed by atoms with Crippen LogP contribution in [0.3, 0.4) is 0 Å². The van der Waals surface area contributed by atoms with Crippen LogP contribution < -0.4 is 0 Å². The van der Waals surface area contributed by atoms with Crippen LogP contribution in [-0.2, 0) is 0 Å². The first-order chi connectivity index (χ1) is 6.56. The highest BCUT2D eigenvalue weighted by Gasteiger charge is 2.04. The maximum atomic E-state index is 8.15. The highest BCUT2D eigenvalue weighted by molar-refractivity contribution is 4.86. The molecule has 0 aliphatic carbocycles. The van der Waals surface area contributed by atoms with Crippen LogP contribution >= 0.6 is 0 Å². The first-order valence-corrected chi connectivity index (χ1v) is 1.97. The van der Waals surface area contributed by atoms with Gasteiger partial charge in [-0.25, -0.2) is 0 Å². The minimum absolute atomic E-state index is 0.153. The Bertz CT molecular complexity index is 84.7. The lowest BCUT2D eigenvalue weighted by atomic mass is 10.0. The van der Waals surface area contributed by atoms with Gasteiger partial charge in [0.2, 0.25) is 0 Å². The Labute approximate surface area is 50.9 Å². The first kappa shape index (κ1) is 1.54. The van der Waals surface area contributed by atoms with Gasteiger partial charge in [-0.2, -0.15) is 5.26 Å². The molecule has 0 rings (SSSR count). The zero-order valence-electron chi connectivity index (χ0n) is 12.4. The average Bonchev–Trinajstić information content (AvgIpc) is 2.28. The molecule has 6 heavy (non-hydrogen) atoms.